The van der Waals surface area contributed by atoms with Crippen LogP contribution in [-0.2, 0) is 0 Å². The summed E-state index contributed by atoms with van der Waals surface area (Å²) < 4.78 is 0. The fraction of sp³-hybridized carbons (Fsp3) is 0.615. The first-order chi connectivity index (χ1) is 9.15. The largest absolute Gasteiger partial charge is 0.393 e. The van der Waals surface area contributed by atoms with Gasteiger partial charge in [-0.2, -0.15) is 0 Å². The molecule has 1 aromatic rings. The molecule has 1 saturated heterocycles. The quantitative estimate of drug-likeness (QED) is 0.664. The summed E-state index contributed by atoms with van der Waals surface area (Å²) in [5.74, 6) is 0.907. The number of aromatic nitrogens is 1. The Labute approximate surface area is 111 Å². The maximum Gasteiger partial charge on any atom is 0.311 e. The van der Waals surface area contributed by atoms with Gasteiger partial charge in [-0.05, 0) is 37.2 Å². The molecule has 3 rings (SSSR count). The lowest BCUT2D eigenvalue weighted by Crippen LogP contribution is -2.36. The summed E-state index contributed by atoms with van der Waals surface area (Å²) in [6.45, 7) is 1.25. The fourth-order valence-electron chi connectivity index (χ4n) is 2.56. The lowest BCUT2D eigenvalue weighted by molar-refractivity contribution is -0.384. The lowest BCUT2D eigenvalue weighted by atomic mass is 10.1. The number of hydrogen-bond donors (Lipinski definition) is 1. The molecule has 0 aromatic carbocycles. The highest BCUT2D eigenvalue weighted by atomic mass is 16.6. The number of nitrogens with zero attached hydrogens (tertiary/aromatic N) is 3. The molecule has 2 heterocycles. The van der Waals surface area contributed by atoms with Gasteiger partial charge >= 0.3 is 5.69 Å². The van der Waals surface area contributed by atoms with Gasteiger partial charge in [0.05, 0.1) is 11.0 Å². The van der Waals surface area contributed by atoms with Gasteiger partial charge in [0, 0.05) is 25.4 Å². The Kier molecular flexibility index (Phi) is 3.10. The van der Waals surface area contributed by atoms with Gasteiger partial charge in [0.1, 0.15) is 0 Å². The molecule has 0 atom stereocenters. The highest BCUT2D eigenvalue weighted by Gasteiger charge is 2.30. The smallest absolute Gasteiger partial charge is 0.311 e. The summed E-state index contributed by atoms with van der Waals surface area (Å²) in [6.07, 6.45) is 4.97. The second-order valence-corrected chi connectivity index (χ2v) is 5.36. The van der Waals surface area contributed by atoms with Crippen LogP contribution in [0, 0.1) is 10.1 Å². The van der Waals surface area contributed by atoms with Crippen LogP contribution in [0.2, 0.25) is 0 Å². The Balaban J connectivity index is 1.89. The molecule has 0 radical (unpaired) electrons. The summed E-state index contributed by atoms with van der Waals surface area (Å²) in [6, 6.07) is 1.67. The van der Waals surface area contributed by atoms with Gasteiger partial charge in [0.15, 0.2) is 0 Å². The fourth-order valence-corrected chi connectivity index (χ4v) is 2.56. The van der Waals surface area contributed by atoms with Crippen molar-refractivity contribution in [3.05, 3.63) is 27.9 Å². The maximum atomic E-state index is 11.2. The molecule has 19 heavy (non-hydrogen) atoms. The van der Waals surface area contributed by atoms with Gasteiger partial charge < -0.3 is 10.0 Å². The number of pyridine rings is 1. The predicted molar refractivity (Wildman–Crippen MR) is 70.3 cm³/mol. The lowest BCUT2D eigenvalue weighted by Gasteiger charge is -2.30. The maximum absolute atomic E-state index is 11.2. The Morgan fingerprint density at radius 1 is 1.32 bits per heavy atom. The van der Waals surface area contributed by atoms with E-state index in [1.165, 1.54) is 0 Å². The van der Waals surface area contributed by atoms with Crippen LogP contribution < -0.4 is 4.90 Å². The molecule has 1 aromatic heterocycles. The molecule has 1 aliphatic carbocycles. The van der Waals surface area contributed by atoms with E-state index in [0.717, 1.165) is 18.4 Å². The topological polar surface area (TPSA) is 79.5 Å². The number of nitro groups is 1. The van der Waals surface area contributed by atoms with Crippen molar-refractivity contribution in [2.45, 2.75) is 37.7 Å². The van der Waals surface area contributed by atoms with Gasteiger partial charge in [-0.15, -0.1) is 0 Å². The van der Waals surface area contributed by atoms with E-state index in [2.05, 4.69) is 4.98 Å². The Hall–Kier alpha value is -1.69. The van der Waals surface area contributed by atoms with Gasteiger partial charge in [-0.1, -0.05) is 0 Å². The molecule has 2 aliphatic rings. The van der Waals surface area contributed by atoms with E-state index in [-0.39, 0.29) is 16.7 Å². The zero-order valence-corrected chi connectivity index (χ0v) is 10.7. The molecule has 0 spiro atoms. The molecular weight excluding hydrogens is 246 g/mol. The normalized spacial score (nSPS) is 20.6. The molecule has 1 N–H and O–H groups in total. The Morgan fingerprint density at radius 2 is 2.00 bits per heavy atom. The number of aliphatic hydroxyl groups is 1. The van der Waals surface area contributed by atoms with E-state index in [1.807, 2.05) is 4.90 Å². The van der Waals surface area contributed by atoms with Crippen LogP contribution in [0.5, 0.6) is 0 Å². The van der Waals surface area contributed by atoms with Crippen molar-refractivity contribution in [1.29, 1.82) is 0 Å². The molecule has 2 fully saturated rings. The van der Waals surface area contributed by atoms with Crippen molar-refractivity contribution in [3.8, 4) is 0 Å². The van der Waals surface area contributed by atoms with Gasteiger partial charge in [0.25, 0.3) is 0 Å². The first-order valence-corrected chi connectivity index (χ1v) is 6.72. The molecule has 6 nitrogen and oxygen atoms in total. The molecule has 1 saturated carbocycles. The van der Waals surface area contributed by atoms with E-state index in [0.29, 0.717) is 37.7 Å². The third kappa shape index (κ3) is 2.53. The number of rotatable bonds is 3. The highest BCUT2D eigenvalue weighted by molar-refractivity contribution is 5.59. The van der Waals surface area contributed by atoms with Crippen LogP contribution in [0.1, 0.15) is 37.2 Å². The van der Waals surface area contributed by atoms with Gasteiger partial charge in [-0.3, -0.25) is 10.1 Å². The van der Waals surface area contributed by atoms with Crippen LogP contribution in [0.15, 0.2) is 12.3 Å². The molecule has 0 unspecified atom stereocenters. The number of aliphatic hydroxyl groups excluding tert-OH is 1. The van der Waals surface area contributed by atoms with Crippen LogP contribution in [-0.4, -0.2) is 34.2 Å². The first-order valence-electron chi connectivity index (χ1n) is 6.72. The van der Waals surface area contributed by atoms with Crippen molar-refractivity contribution in [2.24, 2.45) is 0 Å². The van der Waals surface area contributed by atoms with E-state index < -0.39 is 0 Å². The van der Waals surface area contributed by atoms with Crippen molar-refractivity contribution in [1.82, 2.24) is 4.98 Å². The predicted octanol–water partition coefficient (Wildman–Crippen LogP) is 1.83. The van der Waals surface area contributed by atoms with E-state index in [4.69, 9.17) is 0 Å². The van der Waals surface area contributed by atoms with Crippen LogP contribution in [0.3, 0.4) is 0 Å². The third-order valence-electron chi connectivity index (χ3n) is 3.88. The minimum atomic E-state index is -0.348. The molecular formula is C13H17N3O3. The minimum Gasteiger partial charge on any atom is -0.393 e. The van der Waals surface area contributed by atoms with Crippen LogP contribution in [0.4, 0.5) is 11.5 Å². The summed E-state index contributed by atoms with van der Waals surface area (Å²) in [5, 5.41) is 20.7. The van der Waals surface area contributed by atoms with Crippen LogP contribution >= 0.6 is 0 Å². The summed E-state index contributed by atoms with van der Waals surface area (Å²) >= 11 is 0. The van der Waals surface area contributed by atoms with Crippen molar-refractivity contribution in [3.63, 3.8) is 0 Å². The number of anilines is 1. The average molecular weight is 263 g/mol. The second-order valence-electron chi connectivity index (χ2n) is 5.36. The zero-order chi connectivity index (χ0) is 13.4. The molecule has 0 amide bonds. The first kappa shape index (κ1) is 12.3. The van der Waals surface area contributed by atoms with Crippen molar-refractivity contribution >= 4 is 11.5 Å². The molecule has 102 valence electrons. The molecule has 1 aliphatic heterocycles. The zero-order valence-electron chi connectivity index (χ0n) is 10.7. The molecule has 0 bridgehead atoms. The Morgan fingerprint density at radius 3 is 2.58 bits per heavy atom. The summed E-state index contributed by atoms with van der Waals surface area (Å²) in [7, 11) is 0. The summed E-state index contributed by atoms with van der Waals surface area (Å²) in [5.41, 5.74) is 1.08. The third-order valence-corrected chi connectivity index (χ3v) is 3.88. The average Bonchev–Trinajstić information content (AvgIpc) is 3.23. The van der Waals surface area contributed by atoms with Crippen LogP contribution in [0.25, 0.3) is 0 Å². The van der Waals surface area contributed by atoms with Crippen molar-refractivity contribution < 1.29 is 10.0 Å². The highest BCUT2D eigenvalue weighted by Crippen LogP contribution is 2.42. The number of piperidine rings is 1. The molecule has 6 heteroatoms. The van der Waals surface area contributed by atoms with E-state index in [9.17, 15) is 15.2 Å². The van der Waals surface area contributed by atoms with Gasteiger partial charge in [0.2, 0.25) is 5.82 Å². The minimum absolute atomic E-state index is 0.0980. The second kappa shape index (κ2) is 4.77. The van der Waals surface area contributed by atoms with Gasteiger partial charge in [-0.25, -0.2) is 4.98 Å². The van der Waals surface area contributed by atoms with E-state index >= 15 is 0 Å². The summed E-state index contributed by atoms with van der Waals surface area (Å²) in [4.78, 5) is 17.1. The number of hydrogen-bond acceptors (Lipinski definition) is 5. The SMILES string of the molecule is O=[N+]([O-])c1cc(C2CC2)cnc1N1CCC(O)CC1. The van der Waals surface area contributed by atoms with Crippen molar-refractivity contribution in [2.75, 3.05) is 18.0 Å². The van der Waals surface area contributed by atoms with E-state index in [1.54, 1.807) is 12.3 Å². The monoisotopic (exact) mass is 263 g/mol. The standard InChI is InChI=1S/C13H17N3O3/c17-11-3-5-15(6-4-11)13-12(16(18)19)7-10(8-14-13)9-1-2-9/h7-9,11,17H,1-6H2. The Bertz CT molecular complexity index is 494.